The van der Waals surface area contributed by atoms with Crippen LogP contribution in [0.25, 0.3) is 33.2 Å². The van der Waals surface area contributed by atoms with Gasteiger partial charge in [0, 0.05) is 22.7 Å². The molecule has 0 saturated carbocycles. The van der Waals surface area contributed by atoms with Crippen LogP contribution in [-0.4, -0.2) is 4.98 Å². The Hall–Kier alpha value is -3.00. The molecule has 0 radical (unpaired) electrons. The first-order valence-corrected chi connectivity index (χ1v) is 10.5. The first-order chi connectivity index (χ1) is 14.3. The molecule has 0 unspecified atom stereocenters. The van der Waals surface area contributed by atoms with Crippen LogP contribution >= 0.6 is 0 Å². The number of benzene rings is 3. The monoisotopic (exact) mass is 383 g/mol. The van der Waals surface area contributed by atoms with Gasteiger partial charge in [0.15, 0.2) is 0 Å². The summed E-state index contributed by atoms with van der Waals surface area (Å²) in [6.45, 7) is 2.23. The zero-order valence-electron chi connectivity index (χ0n) is 16.9. The fraction of sp³-hybridized carbons (Fsp3) is 0.222. The molecular weight excluding hydrogens is 357 g/mol. The smallest absolute Gasteiger partial charge is 0.131 e. The first-order valence-electron chi connectivity index (χ1n) is 10.5. The summed E-state index contributed by atoms with van der Waals surface area (Å²) in [7, 11) is 0. The average Bonchev–Trinajstić information content (AvgIpc) is 2.77. The number of hydrogen-bond acceptors (Lipinski definition) is 1. The molecule has 3 aromatic carbocycles. The molecule has 2 heteroatoms. The third-order valence-electron chi connectivity index (χ3n) is 5.50. The summed E-state index contributed by atoms with van der Waals surface area (Å²) in [6.07, 6.45) is 7.92. The fourth-order valence-electron chi connectivity index (χ4n) is 3.85. The molecule has 0 fully saturated rings. The molecule has 0 amide bonds. The molecule has 29 heavy (non-hydrogen) atoms. The van der Waals surface area contributed by atoms with Gasteiger partial charge in [0.2, 0.25) is 0 Å². The third kappa shape index (κ3) is 4.37. The van der Waals surface area contributed by atoms with E-state index in [1.54, 1.807) is 6.07 Å². The van der Waals surface area contributed by atoms with Crippen molar-refractivity contribution < 1.29 is 4.39 Å². The molecule has 0 aliphatic heterocycles. The lowest BCUT2D eigenvalue weighted by Crippen LogP contribution is -1.91. The number of aryl methyl sites for hydroxylation is 1. The van der Waals surface area contributed by atoms with Gasteiger partial charge in [0.1, 0.15) is 5.82 Å². The number of pyridine rings is 1. The number of rotatable bonds is 7. The molecule has 0 saturated heterocycles. The Balaban J connectivity index is 1.64. The highest BCUT2D eigenvalue weighted by Crippen LogP contribution is 2.31. The minimum atomic E-state index is -0.204. The second-order valence-corrected chi connectivity index (χ2v) is 7.58. The van der Waals surface area contributed by atoms with E-state index in [0.29, 0.717) is 5.56 Å². The van der Waals surface area contributed by atoms with Gasteiger partial charge in [-0.1, -0.05) is 74.7 Å². The molecule has 0 N–H and O–H groups in total. The lowest BCUT2D eigenvalue weighted by atomic mass is 9.97. The Morgan fingerprint density at radius 2 is 1.59 bits per heavy atom. The maximum atomic E-state index is 14.7. The minimum absolute atomic E-state index is 0.204. The van der Waals surface area contributed by atoms with Crippen molar-refractivity contribution in [2.45, 2.75) is 39.0 Å². The van der Waals surface area contributed by atoms with Crippen molar-refractivity contribution in [2.24, 2.45) is 0 Å². The van der Waals surface area contributed by atoms with Crippen molar-refractivity contribution >= 4 is 10.8 Å². The predicted molar refractivity (Wildman–Crippen MR) is 120 cm³/mol. The van der Waals surface area contributed by atoms with Gasteiger partial charge in [-0.05, 0) is 53.6 Å². The van der Waals surface area contributed by atoms with Gasteiger partial charge in [-0.15, -0.1) is 0 Å². The van der Waals surface area contributed by atoms with E-state index in [0.717, 1.165) is 34.0 Å². The van der Waals surface area contributed by atoms with E-state index in [4.69, 9.17) is 0 Å². The summed E-state index contributed by atoms with van der Waals surface area (Å²) >= 11 is 0. The number of unbranched alkanes of at least 4 members (excludes halogenated alkanes) is 3. The highest BCUT2D eigenvalue weighted by Gasteiger charge is 2.11. The molecule has 4 aromatic rings. The van der Waals surface area contributed by atoms with Crippen molar-refractivity contribution in [1.82, 2.24) is 4.98 Å². The highest BCUT2D eigenvalue weighted by atomic mass is 19.1. The number of halogens is 1. The van der Waals surface area contributed by atoms with E-state index in [2.05, 4.69) is 36.2 Å². The predicted octanol–water partition coefficient (Wildman–Crippen LogP) is 7.83. The third-order valence-corrected chi connectivity index (χ3v) is 5.50. The molecule has 146 valence electrons. The zero-order chi connectivity index (χ0) is 20.1. The van der Waals surface area contributed by atoms with Gasteiger partial charge < -0.3 is 0 Å². The Kier molecular flexibility index (Phi) is 6.00. The number of hydrogen-bond donors (Lipinski definition) is 0. The fourth-order valence-corrected chi connectivity index (χ4v) is 3.85. The molecule has 0 atom stereocenters. The number of nitrogens with zero attached hydrogens (tertiary/aromatic N) is 1. The molecule has 0 bridgehead atoms. The molecule has 0 aliphatic rings. The molecular formula is C27H26FN. The van der Waals surface area contributed by atoms with Crippen LogP contribution in [0.5, 0.6) is 0 Å². The van der Waals surface area contributed by atoms with Crippen molar-refractivity contribution in [3.8, 4) is 22.4 Å². The standard InChI is InChI=1S/C27H26FN/c1-2-3-4-5-8-20-11-13-22(14-12-20)25-19-23(15-16-26(25)28)27-24-10-7-6-9-21(24)17-18-29-27/h6-7,9-19H,2-5,8H2,1H3. The van der Waals surface area contributed by atoms with Crippen molar-refractivity contribution in [3.05, 3.63) is 90.4 Å². The maximum absolute atomic E-state index is 14.7. The number of aromatic nitrogens is 1. The van der Waals surface area contributed by atoms with E-state index in [-0.39, 0.29) is 5.82 Å². The van der Waals surface area contributed by atoms with Gasteiger partial charge >= 0.3 is 0 Å². The summed E-state index contributed by atoms with van der Waals surface area (Å²) in [6, 6.07) is 23.8. The molecule has 1 heterocycles. The van der Waals surface area contributed by atoms with Crippen LogP contribution < -0.4 is 0 Å². The summed E-state index contributed by atoms with van der Waals surface area (Å²) in [4.78, 5) is 4.58. The Bertz CT molecular complexity index is 1090. The van der Waals surface area contributed by atoms with Crippen LogP contribution in [0.2, 0.25) is 0 Å². The Morgan fingerprint density at radius 1 is 0.793 bits per heavy atom. The van der Waals surface area contributed by atoms with Crippen LogP contribution in [0.4, 0.5) is 4.39 Å². The quantitative estimate of drug-likeness (QED) is 0.296. The number of fused-ring (bicyclic) bond motifs is 1. The first kappa shape index (κ1) is 19.3. The van der Waals surface area contributed by atoms with Crippen LogP contribution in [-0.2, 0) is 6.42 Å². The zero-order valence-corrected chi connectivity index (χ0v) is 16.9. The van der Waals surface area contributed by atoms with Crippen molar-refractivity contribution in [2.75, 3.05) is 0 Å². The molecule has 4 rings (SSSR count). The summed E-state index contributed by atoms with van der Waals surface area (Å²) in [5, 5.41) is 2.21. The van der Waals surface area contributed by atoms with Crippen molar-refractivity contribution in [3.63, 3.8) is 0 Å². The topological polar surface area (TPSA) is 12.9 Å². The maximum Gasteiger partial charge on any atom is 0.131 e. The average molecular weight is 384 g/mol. The Labute approximate surface area is 172 Å². The molecule has 1 nitrogen and oxygen atoms in total. The van der Waals surface area contributed by atoms with Gasteiger partial charge in [-0.25, -0.2) is 4.39 Å². The largest absolute Gasteiger partial charge is 0.256 e. The van der Waals surface area contributed by atoms with E-state index < -0.39 is 0 Å². The lowest BCUT2D eigenvalue weighted by Gasteiger charge is -2.10. The summed E-state index contributed by atoms with van der Waals surface area (Å²) in [5.41, 5.74) is 4.66. The van der Waals surface area contributed by atoms with Gasteiger partial charge in [0.25, 0.3) is 0 Å². The molecule has 0 aliphatic carbocycles. The van der Waals surface area contributed by atoms with E-state index in [9.17, 15) is 4.39 Å². The van der Waals surface area contributed by atoms with E-state index in [1.807, 2.05) is 48.7 Å². The lowest BCUT2D eigenvalue weighted by molar-refractivity contribution is 0.631. The van der Waals surface area contributed by atoms with Crippen molar-refractivity contribution in [1.29, 1.82) is 0 Å². The second kappa shape index (κ2) is 9.00. The van der Waals surface area contributed by atoms with Gasteiger partial charge in [-0.3, -0.25) is 4.98 Å². The van der Waals surface area contributed by atoms with E-state index >= 15 is 0 Å². The SMILES string of the molecule is CCCCCCc1ccc(-c2cc(-c3nccc4ccccc34)ccc2F)cc1. The summed E-state index contributed by atoms with van der Waals surface area (Å²) < 4.78 is 14.7. The Morgan fingerprint density at radius 3 is 2.41 bits per heavy atom. The van der Waals surface area contributed by atoms with Gasteiger partial charge in [-0.2, -0.15) is 0 Å². The minimum Gasteiger partial charge on any atom is -0.256 e. The molecule has 1 aromatic heterocycles. The summed E-state index contributed by atoms with van der Waals surface area (Å²) in [5.74, 6) is -0.204. The van der Waals surface area contributed by atoms with E-state index in [1.165, 1.54) is 31.2 Å². The highest BCUT2D eigenvalue weighted by molar-refractivity contribution is 5.95. The normalized spacial score (nSPS) is 11.1. The van der Waals surface area contributed by atoms with Crippen LogP contribution in [0.1, 0.15) is 38.2 Å². The van der Waals surface area contributed by atoms with Crippen LogP contribution in [0, 0.1) is 5.82 Å². The van der Waals surface area contributed by atoms with Crippen LogP contribution in [0.3, 0.4) is 0 Å². The second-order valence-electron chi connectivity index (χ2n) is 7.58. The van der Waals surface area contributed by atoms with Gasteiger partial charge in [0.05, 0.1) is 5.69 Å². The van der Waals surface area contributed by atoms with Crippen LogP contribution in [0.15, 0.2) is 79.0 Å². The molecule has 0 spiro atoms.